The Hall–Kier alpha value is -0.830. The summed E-state index contributed by atoms with van der Waals surface area (Å²) in [6.45, 7) is 0.721. The second-order valence-corrected chi connectivity index (χ2v) is 1.56. The summed E-state index contributed by atoms with van der Waals surface area (Å²) in [5, 5.41) is 2.79. The van der Waals surface area contributed by atoms with Crippen molar-refractivity contribution in [2.75, 3.05) is 6.54 Å². The molecule has 0 atom stereocenters. The molecule has 8 heavy (non-hydrogen) atoms. The van der Waals surface area contributed by atoms with E-state index in [4.69, 9.17) is 5.73 Å². The van der Waals surface area contributed by atoms with Crippen molar-refractivity contribution in [2.45, 2.75) is 0 Å². The molecule has 0 bridgehead atoms. The molecule has 0 saturated carbocycles. The van der Waals surface area contributed by atoms with Crippen molar-refractivity contribution >= 4 is 5.91 Å². The van der Waals surface area contributed by atoms with E-state index in [1.807, 2.05) is 6.08 Å². The number of nitrogens with two attached hydrogens (primary N) is 1. The monoisotopic (exact) mass is 111 g/mol. The molecule has 1 heterocycles. The van der Waals surface area contributed by atoms with Crippen LogP contribution in [0.4, 0.5) is 0 Å². The van der Waals surface area contributed by atoms with Gasteiger partial charge in [-0.3, -0.25) is 10.1 Å². The summed E-state index contributed by atoms with van der Waals surface area (Å²) in [5.41, 5.74) is 4.91. The third-order valence-corrected chi connectivity index (χ3v) is 0.960. The van der Waals surface area contributed by atoms with Crippen LogP contribution in [0.15, 0.2) is 12.2 Å². The second-order valence-electron chi connectivity index (χ2n) is 1.56. The Kier molecular flexibility index (Phi) is 1.30. The van der Waals surface area contributed by atoms with E-state index in [-0.39, 0.29) is 0 Å². The van der Waals surface area contributed by atoms with E-state index in [1.165, 1.54) is 0 Å². The van der Waals surface area contributed by atoms with Crippen LogP contribution in [0.25, 0.3) is 0 Å². The van der Waals surface area contributed by atoms with E-state index in [0.717, 1.165) is 6.54 Å². The Morgan fingerprint density at radius 2 is 2.62 bits per heavy atom. The first kappa shape index (κ1) is 5.31. The van der Waals surface area contributed by atoms with Gasteiger partial charge in [-0.1, -0.05) is 12.2 Å². The maximum atomic E-state index is 10.3. The van der Waals surface area contributed by atoms with Crippen molar-refractivity contribution in [1.82, 2.24) is 5.32 Å². The standard InChI is InChI=1S/C5H7N2O/c6-5(8)4-2-1-3-7-4/h1-2,7H,3H2,(H2,6,8). The smallest absolute Gasteiger partial charge is 0.244 e. The lowest BCUT2D eigenvalue weighted by molar-refractivity contribution is -0.116. The summed E-state index contributed by atoms with van der Waals surface area (Å²) < 4.78 is 0. The van der Waals surface area contributed by atoms with Gasteiger partial charge in [0.05, 0.1) is 0 Å². The molecule has 0 saturated heterocycles. The first-order valence-electron chi connectivity index (χ1n) is 2.38. The summed E-state index contributed by atoms with van der Waals surface area (Å²) in [6, 6.07) is 0.505. The highest BCUT2D eigenvalue weighted by Crippen LogP contribution is 2.00. The Morgan fingerprint density at radius 3 is 2.88 bits per heavy atom. The van der Waals surface area contributed by atoms with Crippen LogP contribution in [0.5, 0.6) is 0 Å². The fourth-order valence-electron chi connectivity index (χ4n) is 0.574. The van der Waals surface area contributed by atoms with Gasteiger partial charge in [-0.2, -0.15) is 0 Å². The van der Waals surface area contributed by atoms with Gasteiger partial charge in [0.2, 0.25) is 5.91 Å². The molecule has 1 rings (SSSR count). The molecule has 0 spiro atoms. The van der Waals surface area contributed by atoms with Gasteiger partial charge in [0, 0.05) is 6.54 Å². The summed E-state index contributed by atoms with van der Waals surface area (Å²) in [6.07, 6.45) is 3.53. The van der Waals surface area contributed by atoms with E-state index < -0.39 is 5.91 Å². The molecule has 0 aromatic heterocycles. The van der Waals surface area contributed by atoms with E-state index >= 15 is 0 Å². The van der Waals surface area contributed by atoms with Crippen LogP contribution < -0.4 is 11.1 Å². The molecule has 3 N–H and O–H groups in total. The predicted molar refractivity (Wildman–Crippen MR) is 29.6 cm³/mol. The molecule has 0 unspecified atom stereocenters. The van der Waals surface area contributed by atoms with Gasteiger partial charge in [-0.05, 0) is 0 Å². The first-order chi connectivity index (χ1) is 3.80. The number of nitrogens with one attached hydrogen (secondary N) is 1. The molecule has 1 aliphatic rings. The molecule has 0 aromatic rings. The Labute approximate surface area is 47.6 Å². The average molecular weight is 111 g/mol. The van der Waals surface area contributed by atoms with E-state index in [0.29, 0.717) is 6.04 Å². The lowest BCUT2D eigenvalue weighted by Crippen LogP contribution is -2.28. The molecular weight excluding hydrogens is 104 g/mol. The highest BCUT2D eigenvalue weighted by Gasteiger charge is 2.13. The molecule has 3 heteroatoms. The van der Waals surface area contributed by atoms with Gasteiger partial charge in [-0.15, -0.1) is 0 Å². The summed E-state index contributed by atoms with van der Waals surface area (Å²) in [5.74, 6) is -0.390. The third-order valence-electron chi connectivity index (χ3n) is 0.960. The number of carbonyl (C=O) groups is 1. The van der Waals surface area contributed by atoms with E-state index in [2.05, 4.69) is 5.32 Å². The minimum absolute atomic E-state index is 0.390. The molecule has 0 fully saturated rings. The maximum absolute atomic E-state index is 10.3. The van der Waals surface area contributed by atoms with Crippen molar-refractivity contribution in [3.8, 4) is 0 Å². The van der Waals surface area contributed by atoms with Gasteiger partial charge in [0.25, 0.3) is 0 Å². The minimum Gasteiger partial charge on any atom is -0.368 e. The fourth-order valence-corrected chi connectivity index (χ4v) is 0.574. The van der Waals surface area contributed by atoms with Crippen molar-refractivity contribution < 1.29 is 4.79 Å². The van der Waals surface area contributed by atoms with Gasteiger partial charge in [0.1, 0.15) is 6.04 Å². The Morgan fingerprint density at radius 1 is 1.88 bits per heavy atom. The van der Waals surface area contributed by atoms with Gasteiger partial charge in [0.15, 0.2) is 0 Å². The third kappa shape index (κ3) is 0.869. The zero-order chi connectivity index (χ0) is 5.98. The first-order valence-corrected chi connectivity index (χ1v) is 2.38. The number of rotatable bonds is 1. The van der Waals surface area contributed by atoms with Crippen LogP contribution in [-0.2, 0) is 4.79 Å². The summed E-state index contributed by atoms with van der Waals surface area (Å²) in [7, 11) is 0. The maximum Gasteiger partial charge on any atom is 0.244 e. The zero-order valence-corrected chi connectivity index (χ0v) is 4.35. The van der Waals surface area contributed by atoms with Crippen molar-refractivity contribution in [2.24, 2.45) is 5.73 Å². The number of carbonyl (C=O) groups excluding carboxylic acids is 1. The van der Waals surface area contributed by atoms with Crippen molar-refractivity contribution in [3.63, 3.8) is 0 Å². The van der Waals surface area contributed by atoms with Crippen LogP contribution in [0, 0.1) is 6.04 Å². The van der Waals surface area contributed by atoms with Gasteiger partial charge < -0.3 is 5.73 Å². The molecular formula is C5H7N2O. The van der Waals surface area contributed by atoms with Crippen LogP contribution in [0.2, 0.25) is 0 Å². The van der Waals surface area contributed by atoms with Crippen LogP contribution in [-0.4, -0.2) is 12.5 Å². The lowest BCUT2D eigenvalue weighted by Gasteiger charge is -1.98. The molecule has 43 valence electrons. The Bertz CT molecular complexity index is 130. The molecule has 0 aliphatic carbocycles. The van der Waals surface area contributed by atoms with E-state index in [1.54, 1.807) is 6.08 Å². The SMILES string of the molecule is NC(=O)[C]1C=CCN1. The minimum atomic E-state index is -0.390. The number of amides is 1. The van der Waals surface area contributed by atoms with E-state index in [9.17, 15) is 4.79 Å². The van der Waals surface area contributed by atoms with Crippen LogP contribution in [0.1, 0.15) is 0 Å². The number of primary amides is 1. The van der Waals surface area contributed by atoms with Crippen molar-refractivity contribution in [3.05, 3.63) is 18.2 Å². The molecule has 0 aromatic carbocycles. The molecule has 3 nitrogen and oxygen atoms in total. The average Bonchev–Trinajstić information content (AvgIpc) is 2.12. The predicted octanol–water partition coefficient (Wildman–Crippen LogP) is -0.837. The highest BCUT2D eigenvalue weighted by molar-refractivity contribution is 5.90. The van der Waals surface area contributed by atoms with Crippen molar-refractivity contribution in [1.29, 1.82) is 0 Å². The molecule has 1 aliphatic heterocycles. The molecule has 1 amide bonds. The molecule has 1 radical (unpaired) electrons. The normalized spacial score (nSPS) is 19.5. The zero-order valence-electron chi connectivity index (χ0n) is 4.35. The number of hydrogen-bond acceptors (Lipinski definition) is 2. The van der Waals surface area contributed by atoms with Crippen LogP contribution >= 0.6 is 0 Å². The Balaban J connectivity index is 2.48. The highest BCUT2D eigenvalue weighted by atomic mass is 16.1. The van der Waals surface area contributed by atoms with Gasteiger partial charge >= 0.3 is 0 Å². The van der Waals surface area contributed by atoms with Gasteiger partial charge in [-0.25, -0.2) is 0 Å². The topological polar surface area (TPSA) is 55.1 Å². The second kappa shape index (κ2) is 1.96. The van der Waals surface area contributed by atoms with Crippen LogP contribution in [0.3, 0.4) is 0 Å². The summed E-state index contributed by atoms with van der Waals surface area (Å²) in [4.78, 5) is 10.3. The largest absolute Gasteiger partial charge is 0.368 e. The quantitative estimate of drug-likeness (QED) is 0.463. The number of hydrogen-bond donors (Lipinski definition) is 2. The summed E-state index contributed by atoms with van der Waals surface area (Å²) >= 11 is 0. The fraction of sp³-hybridized carbons (Fsp3) is 0.200. The lowest BCUT2D eigenvalue weighted by atomic mass is 10.3.